The van der Waals surface area contributed by atoms with Crippen LogP contribution in [0.15, 0.2) is 78.9 Å². The number of hydrogen-bond donors (Lipinski definition) is 2. The predicted molar refractivity (Wildman–Crippen MR) is 238 cm³/mol. The number of benzene rings is 3. The van der Waals surface area contributed by atoms with Crippen molar-refractivity contribution in [1.29, 1.82) is 0 Å². The molecule has 5 rings (SSSR count). The van der Waals surface area contributed by atoms with E-state index in [0.717, 1.165) is 44.6 Å². The molecule has 0 spiro atoms. The fourth-order valence-electron chi connectivity index (χ4n) is 9.22. The van der Waals surface area contributed by atoms with Crippen molar-refractivity contribution in [2.45, 2.75) is 127 Å². The van der Waals surface area contributed by atoms with Crippen molar-refractivity contribution in [2.24, 2.45) is 5.92 Å². The fourth-order valence-corrected chi connectivity index (χ4v) is 9.49. The van der Waals surface area contributed by atoms with Crippen LogP contribution in [0.3, 0.4) is 0 Å². The van der Waals surface area contributed by atoms with Crippen molar-refractivity contribution in [3.05, 3.63) is 106 Å². The minimum Gasteiger partial charge on any atom is -0.444 e. The first-order chi connectivity index (χ1) is 30.4. The van der Waals surface area contributed by atoms with E-state index < -0.39 is 77.9 Å². The molecule has 3 aromatic carbocycles. The van der Waals surface area contributed by atoms with E-state index in [0.29, 0.717) is 53.6 Å². The molecule has 3 aromatic rings. The van der Waals surface area contributed by atoms with Crippen molar-refractivity contribution in [2.75, 3.05) is 33.9 Å². The average Bonchev–Trinajstić information content (AvgIpc) is 3.84. The van der Waals surface area contributed by atoms with Crippen molar-refractivity contribution in [3.63, 3.8) is 0 Å². The zero-order valence-corrected chi connectivity index (χ0v) is 38.2. The number of likely N-dealkylation sites (tertiary alicyclic amines) is 1. The van der Waals surface area contributed by atoms with Crippen molar-refractivity contribution < 1.29 is 46.6 Å². The second kappa shape index (κ2) is 22.3. The van der Waals surface area contributed by atoms with E-state index in [1.807, 2.05) is 42.5 Å². The summed E-state index contributed by atoms with van der Waals surface area (Å²) < 4.78 is 51.8. The van der Waals surface area contributed by atoms with E-state index in [2.05, 4.69) is 17.4 Å². The minimum atomic E-state index is -5.30. The molecule has 11 nitrogen and oxygen atoms in total. The molecule has 2 fully saturated rings. The van der Waals surface area contributed by atoms with Crippen LogP contribution >= 0.6 is 11.6 Å². The summed E-state index contributed by atoms with van der Waals surface area (Å²) in [5, 5.41) is 4.76. The van der Waals surface area contributed by atoms with Gasteiger partial charge >= 0.3 is 18.1 Å². The zero-order chi connectivity index (χ0) is 46.7. The molecule has 1 saturated carbocycles. The monoisotopic (exact) mass is 910 g/mol. The van der Waals surface area contributed by atoms with E-state index in [4.69, 9.17) is 21.1 Å². The van der Waals surface area contributed by atoms with Crippen LogP contribution in [-0.4, -0.2) is 97.1 Å². The second-order valence-electron chi connectivity index (χ2n) is 17.6. The van der Waals surface area contributed by atoms with Crippen LogP contribution in [-0.2, 0) is 39.0 Å². The highest BCUT2D eigenvalue weighted by Crippen LogP contribution is 2.44. The van der Waals surface area contributed by atoms with Gasteiger partial charge in [0.05, 0.1) is 13.0 Å². The van der Waals surface area contributed by atoms with Gasteiger partial charge in [-0.25, -0.2) is 0 Å². The highest BCUT2D eigenvalue weighted by Gasteiger charge is 2.49. The molecule has 0 aromatic heterocycles. The van der Waals surface area contributed by atoms with Crippen LogP contribution in [0.25, 0.3) is 0 Å². The molecule has 348 valence electrons. The summed E-state index contributed by atoms with van der Waals surface area (Å²) in [5.74, 6) is -5.91. The van der Waals surface area contributed by atoms with Crippen LogP contribution in [0.5, 0.6) is 0 Å². The van der Waals surface area contributed by atoms with E-state index in [1.54, 1.807) is 48.3 Å². The summed E-state index contributed by atoms with van der Waals surface area (Å²) in [7, 11) is 2.37. The quantitative estimate of drug-likeness (QED) is 0.109. The van der Waals surface area contributed by atoms with E-state index in [-0.39, 0.29) is 0 Å². The predicted octanol–water partition coefficient (Wildman–Crippen LogP) is 8.46. The Morgan fingerprint density at radius 1 is 0.812 bits per heavy atom. The third-order valence-corrected chi connectivity index (χ3v) is 12.8. The van der Waals surface area contributed by atoms with Crippen LogP contribution < -0.4 is 10.6 Å². The number of carbonyl (C=O) groups excluding carboxylic acids is 5. The maximum absolute atomic E-state index is 14.8. The van der Waals surface area contributed by atoms with E-state index >= 15 is 0 Å². The number of methoxy groups -OCH3 is 1. The maximum atomic E-state index is 14.8. The molecule has 64 heavy (non-hydrogen) atoms. The molecule has 1 unspecified atom stereocenters. The standard InChI is InChI=1S/C49H62ClF3N4O7/c1-33(2)42(56(4)46(62)47(3,32-63-5)55-45(61)49(51,52)53)43(59)54-40(44(60)57-29-17-18-30-57)31-41(58)64-48(36-21-13-10-14-22-36,38-23-15-16-24-39(38)50)37-27-25-35(26-28-37)34-19-11-8-6-7-9-12-20-34/h10,13-16,21-28,33-34,40,42H,6-9,11-12,17-20,29-32H2,1-5H3,(H,54,59)(H,55,61)/t40-,42-,47-,48?/m0/s1. The van der Waals surface area contributed by atoms with Gasteiger partial charge in [0.15, 0.2) is 5.60 Å². The third-order valence-electron chi connectivity index (χ3n) is 12.4. The summed E-state index contributed by atoms with van der Waals surface area (Å²) in [5.41, 5.74) is -0.951. The van der Waals surface area contributed by atoms with Gasteiger partial charge in [-0.3, -0.25) is 24.0 Å². The number of hydrogen-bond acceptors (Lipinski definition) is 7. The van der Waals surface area contributed by atoms with E-state index in [9.17, 15) is 37.1 Å². The molecular formula is C49H62ClF3N4O7. The third kappa shape index (κ3) is 12.0. The van der Waals surface area contributed by atoms with E-state index in [1.165, 1.54) is 38.3 Å². The van der Waals surface area contributed by atoms with Crippen LogP contribution in [0.4, 0.5) is 13.2 Å². The van der Waals surface area contributed by atoms with Crippen LogP contribution in [0, 0.1) is 5.92 Å². The molecule has 1 saturated heterocycles. The largest absolute Gasteiger partial charge is 0.471 e. The van der Waals surface area contributed by atoms with Crippen molar-refractivity contribution in [1.82, 2.24) is 20.4 Å². The van der Waals surface area contributed by atoms with Gasteiger partial charge in [0.25, 0.3) is 5.91 Å². The Kier molecular flexibility index (Phi) is 17.4. The average molecular weight is 912 g/mol. The number of carbonyl (C=O) groups is 5. The molecule has 2 N–H and O–H groups in total. The molecule has 15 heteroatoms. The zero-order valence-electron chi connectivity index (χ0n) is 37.5. The summed E-state index contributed by atoms with van der Waals surface area (Å²) >= 11 is 7.00. The van der Waals surface area contributed by atoms with Gasteiger partial charge in [0, 0.05) is 49.0 Å². The lowest BCUT2D eigenvalue weighted by atomic mass is 9.78. The number of nitrogens with one attached hydrogen (secondary N) is 2. The molecular weight excluding hydrogens is 849 g/mol. The molecule has 2 aliphatic rings. The lowest BCUT2D eigenvalue weighted by molar-refractivity contribution is -0.177. The van der Waals surface area contributed by atoms with Crippen LogP contribution in [0.2, 0.25) is 5.02 Å². The summed E-state index contributed by atoms with van der Waals surface area (Å²) in [6.45, 7) is 4.43. The van der Waals surface area contributed by atoms with Crippen LogP contribution in [0.1, 0.15) is 120 Å². The molecule has 4 amide bonds. The van der Waals surface area contributed by atoms with Gasteiger partial charge in [-0.05, 0) is 56.1 Å². The first-order valence-electron chi connectivity index (χ1n) is 22.3. The second-order valence-corrected chi connectivity index (χ2v) is 18.0. The van der Waals surface area contributed by atoms with Gasteiger partial charge in [-0.2, -0.15) is 13.2 Å². The Balaban J connectivity index is 1.52. The van der Waals surface area contributed by atoms with Crippen molar-refractivity contribution in [3.8, 4) is 0 Å². The molecule has 0 bridgehead atoms. The Bertz CT molecular complexity index is 2050. The molecule has 1 aliphatic heterocycles. The minimum absolute atomic E-state index is 0.330. The number of rotatable bonds is 16. The number of likely N-dealkylation sites (N-methyl/N-ethyl adjacent to an activating group) is 1. The van der Waals surface area contributed by atoms with Gasteiger partial charge in [-0.1, -0.05) is 137 Å². The number of ether oxygens (including phenoxy) is 2. The highest BCUT2D eigenvalue weighted by molar-refractivity contribution is 6.31. The fraction of sp³-hybridized carbons (Fsp3) is 0.531. The molecule has 1 heterocycles. The Hall–Kier alpha value is -4.95. The molecule has 4 atom stereocenters. The summed E-state index contributed by atoms with van der Waals surface area (Å²) in [4.78, 5) is 71.9. The molecule has 0 radical (unpaired) electrons. The Labute approximate surface area is 379 Å². The normalized spacial score (nSPS) is 18.0. The lowest BCUT2D eigenvalue weighted by Gasteiger charge is -2.38. The molecule has 1 aliphatic carbocycles. The topological polar surface area (TPSA) is 134 Å². The number of esters is 1. The first-order valence-corrected chi connectivity index (χ1v) is 22.7. The smallest absolute Gasteiger partial charge is 0.444 e. The maximum Gasteiger partial charge on any atom is 0.471 e. The van der Waals surface area contributed by atoms with Gasteiger partial charge in [0.2, 0.25) is 11.8 Å². The van der Waals surface area contributed by atoms with Gasteiger partial charge in [-0.15, -0.1) is 0 Å². The lowest BCUT2D eigenvalue weighted by Crippen LogP contribution is -2.65. The number of nitrogens with zero attached hydrogens (tertiary/aromatic N) is 2. The van der Waals surface area contributed by atoms with Gasteiger partial charge < -0.3 is 29.9 Å². The van der Waals surface area contributed by atoms with Crippen molar-refractivity contribution >= 4 is 41.2 Å². The Morgan fingerprint density at radius 3 is 1.94 bits per heavy atom. The number of amides is 4. The SMILES string of the molecule is COC[C@](C)(NC(=O)C(F)(F)F)C(=O)N(C)[C@H](C(=O)N[C@@H](CC(=O)OC(c1ccccc1)(c1ccc(C2CCCCCCCC2)cc1)c1ccccc1Cl)C(=O)N1CCCC1)C(C)C. The summed E-state index contributed by atoms with van der Waals surface area (Å²) in [6, 6.07) is 21.5. The van der Waals surface area contributed by atoms with Gasteiger partial charge in [0.1, 0.15) is 17.6 Å². The first kappa shape index (κ1) is 50.1. The highest BCUT2D eigenvalue weighted by atomic mass is 35.5. The Morgan fingerprint density at radius 2 is 1.38 bits per heavy atom. The number of halogens is 4. The number of alkyl halides is 3. The summed E-state index contributed by atoms with van der Waals surface area (Å²) in [6.07, 6.45) is 4.91.